The van der Waals surface area contributed by atoms with E-state index in [-0.39, 0.29) is 0 Å². The second-order valence-corrected chi connectivity index (χ2v) is 11.4. The third kappa shape index (κ3) is 3.91. The number of nitrogens with zero attached hydrogens (tertiary/aromatic N) is 3. The van der Waals surface area contributed by atoms with Gasteiger partial charge in [-0.3, -0.25) is 4.90 Å². The summed E-state index contributed by atoms with van der Waals surface area (Å²) >= 11 is 0. The molecular formula is C42H27N3. The number of anilines is 3. The lowest BCUT2D eigenvalue weighted by Crippen LogP contribution is -2.13. The van der Waals surface area contributed by atoms with E-state index in [1.807, 2.05) is 12.1 Å². The molecular weight excluding hydrogens is 546 g/mol. The quantitative estimate of drug-likeness (QED) is 0.205. The maximum atomic E-state index is 4.70. The van der Waals surface area contributed by atoms with Gasteiger partial charge in [0, 0.05) is 23.5 Å². The monoisotopic (exact) mass is 573 g/mol. The summed E-state index contributed by atoms with van der Waals surface area (Å²) in [5.74, 6) is 0.639. The highest BCUT2D eigenvalue weighted by atomic mass is 15.3. The molecule has 8 aromatic rings. The van der Waals surface area contributed by atoms with Crippen molar-refractivity contribution in [1.29, 1.82) is 0 Å². The number of benzene rings is 7. The molecule has 1 aliphatic carbocycles. The molecule has 1 heterocycles. The molecule has 210 valence electrons. The van der Waals surface area contributed by atoms with Crippen LogP contribution in [0, 0.1) is 0 Å². The molecule has 0 bridgehead atoms. The van der Waals surface area contributed by atoms with E-state index in [0.29, 0.717) is 5.95 Å². The number of aromatic nitrogens is 2. The van der Waals surface area contributed by atoms with Gasteiger partial charge in [0.1, 0.15) is 0 Å². The summed E-state index contributed by atoms with van der Waals surface area (Å²) in [4.78, 5) is 11.6. The minimum absolute atomic E-state index is 0.639. The summed E-state index contributed by atoms with van der Waals surface area (Å²) in [5, 5.41) is 4.94. The molecule has 0 radical (unpaired) electrons. The first-order valence-electron chi connectivity index (χ1n) is 15.3. The lowest BCUT2D eigenvalue weighted by atomic mass is 9.82. The third-order valence-electron chi connectivity index (χ3n) is 8.90. The van der Waals surface area contributed by atoms with Crippen molar-refractivity contribution in [3.05, 3.63) is 164 Å². The number of para-hydroxylation sites is 1. The maximum absolute atomic E-state index is 4.70. The van der Waals surface area contributed by atoms with Gasteiger partial charge in [-0.05, 0) is 84.9 Å². The molecule has 3 heteroatoms. The van der Waals surface area contributed by atoms with Gasteiger partial charge in [-0.2, -0.15) is 0 Å². The Kier molecular flexibility index (Phi) is 5.82. The SMILES string of the molecule is c1ccc(-c2c3c(c(-c4ccccc4)c4ccccc24)-c2ccc(N(c4ccccc4)c4ncccn4)c4cccc-3c24)cc1. The molecule has 0 N–H and O–H groups in total. The molecule has 0 unspecified atom stereocenters. The van der Waals surface area contributed by atoms with E-state index in [1.165, 1.54) is 66.1 Å². The zero-order chi connectivity index (χ0) is 29.7. The van der Waals surface area contributed by atoms with Crippen LogP contribution in [0.3, 0.4) is 0 Å². The van der Waals surface area contributed by atoms with Gasteiger partial charge in [0.2, 0.25) is 5.95 Å². The lowest BCUT2D eigenvalue weighted by Gasteiger charge is -2.25. The molecule has 0 amide bonds. The van der Waals surface area contributed by atoms with Crippen LogP contribution in [0.1, 0.15) is 0 Å². The molecule has 45 heavy (non-hydrogen) atoms. The summed E-state index contributed by atoms with van der Waals surface area (Å²) in [5.41, 5.74) is 12.1. The Morgan fingerprint density at radius 2 is 0.889 bits per heavy atom. The van der Waals surface area contributed by atoms with E-state index in [1.54, 1.807) is 12.4 Å². The van der Waals surface area contributed by atoms with E-state index >= 15 is 0 Å². The van der Waals surface area contributed by atoms with Crippen molar-refractivity contribution in [2.24, 2.45) is 0 Å². The topological polar surface area (TPSA) is 29.0 Å². The zero-order valence-corrected chi connectivity index (χ0v) is 24.4. The summed E-state index contributed by atoms with van der Waals surface area (Å²) in [6.07, 6.45) is 3.61. The summed E-state index contributed by atoms with van der Waals surface area (Å²) in [7, 11) is 0. The van der Waals surface area contributed by atoms with Crippen LogP contribution in [0.2, 0.25) is 0 Å². The van der Waals surface area contributed by atoms with Gasteiger partial charge in [-0.15, -0.1) is 0 Å². The van der Waals surface area contributed by atoms with Gasteiger partial charge in [0.05, 0.1) is 5.69 Å². The Hall–Kier alpha value is -6.06. The van der Waals surface area contributed by atoms with Gasteiger partial charge in [0.15, 0.2) is 0 Å². The molecule has 0 saturated carbocycles. The van der Waals surface area contributed by atoms with Crippen LogP contribution in [0.4, 0.5) is 17.3 Å². The first-order valence-corrected chi connectivity index (χ1v) is 15.3. The van der Waals surface area contributed by atoms with Crippen LogP contribution in [0.15, 0.2) is 164 Å². The zero-order valence-electron chi connectivity index (χ0n) is 24.4. The third-order valence-corrected chi connectivity index (χ3v) is 8.90. The van der Waals surface area contributed by atoms with Gasteiger partial charge >= 0.3 is 0 Å². The summed E-state index contributed by atoms with van der Waals surface area (Å²) < 4.78 is 0. The molecule has 7 aromatic carbocycles. The fourth-order valence-corrected chi connectivity index (χ4v) is 7.14. The van der Waals surface area contributed by atoms with Gasteiger partial charge in [-0.25, -0.2) is 9.97 Å². The Bertz CT molecular complexity index is 2220. The molecule has 9 rings (SSSR count). The van der Waals surface area contributed by atoms with Crippen molar-refractivity contribution >= 4 is 38.9 Å². The average Bonchev–Trinajstić information content (AvgIpc) is 3.45. The first-order chi connectivity index (χ1) is 22.4. The second kappa shape index (κ2) is 10.3. The highest BCUT2D eigenvalue weighted by Crippen LogP contribution is 2.58. The van der Waals surface area contributed by atoms with Crippen molar-refractivity contribution in [2.45, 2.75) is 0 Å². The van der Waals surface area contributed by atoms with Crippen LogP contribution in [-0.2, 0) is 0 Å². The highest BCUT2D eigenvalue weighted by Gasteiger charge is 2.32. The summed E-state index contributed by atoms with van der Waals surface area (Å²) in [6.45, 7) is 0. The number of rotatable bonds is 5. The van der Waals surface area contributed by atoms with Crippen LogP contribution in [0.25, 0.3) is 66.1 Å². The minimum atomic E-state index is 0.639. The molecule has 0 spiro atoms. The lowest BCUT2D eigenvalue weighted by molar-refractivity contribution is 1.08. The predicted octanol–water partition coefficient (Wildman–Crippen LogP) is 11.2. The van der Waals surface area contributed by atoms with Crippen molar-refractivity contribution < 1.29 is 0 Å². The Balaban J connectivity index is 1.43. The Morgan fingerprint density at radius 3 is 1.49 bits per heavy atom. The number of hydrogen-bond acceptors (Lipinski definition) is 3. The van der Waals surface area contributed by atoms with Gasteiger partial charge < -0.3 is 0 Å². The molecule has 0 fully saturated rings. The molecule has 1 aliphatic rings. The summed E-state index contributed by atoms with van der Waals surface area (Å²) in [6, 6.07) is 54.1. The van der Waals surface area contributed by atoms with Crippen molar-refractivity contribution in [1.82, 2.24) is 9.97 Å². The van der Waals surface area contributed by atoms with E-state index in [0.717, 1.165) is 11.4 Å². The standard InChI is InChI=1S/C42H27N3/c1-4-14-28(15-5-1)37-31-20-10-11-21-32(31)38(29-16-6-2-7-17-29)41-35-24-25-36(33-22-12-23-34(39(33)35)40(37)41)45(30-18-8-3-9-19-30)42-43-26-13-27-44-42/h1-27H. The molecule has 3 nitrogen and oxygen atoms in total. The van der Waals surface area contributed by atoms with Crippen molar-refractivity contribution in [3.8, 4) is 44.5 Å². The van der Waals surface area contributed by atoms with E-state index in [9.17, 15) is 0 Å². The van der Waals surface area contributed by atoms with Crippen molar-refractivity contribution in [3.63, 3.8) is 0 Å². The van der Waals surface area contributed by atoms with E-state index in [2.05, 4.69) is 144 Å². The van der Waals surface area contributed by atoms with Crippen LogP contribution in [0.5, 0.6) is 0 Å². The number of hydrogen-bond donors (Lipinski definition) is 0. The largest absolute Gasteiger partial charge is 0.279 e. The maximum Gasteiger partial charge on any atom is 0.234 e. The number of fused-ring (bicyclic) bond motifs is 4. The van der Waals surface area contributed by atoms with Gasteiger partial charge in [0.25, 0.3) is 0 Å². The van der Waals surface area contributed by atoms with E-state index < -0.39 is 0 Å². The minimum Gasteiger partial charge on any atom is -0.279 e. The fraction of sp³-hybridized carbons (Fsp3) is 0. The Labute approximate surface area is 261 Å². The Morgan fingerprint density at radius 1 is 0.378 bits per heavy atom. The highest BCUT2D eigenvalue weighted by molar-refractivity contribution is 6.28. The fourth-order valence-electron chi connectivity index (χ4n) is 7.14. The molecule has 1 aromatic heterocycles. The second-order valence-electron chi connectivity index (χ2n) is 11.4. The van der Waals surface area contributed by atoms with Gasteiger partial charge in [-0.1, -0.05) is 127 Å². The molecule has 0 saturated heterocycles. The van der Waals surface area contributed by atoms with E-state index in [4.69, 9.17) is 9.97 Å². The van der Waals surface area contributed by atoms with Crippen LogP contribution >= 0.6 is 0 Å². The van der Waals surface area contributed by atoms with Crippen LogP contribution in [-0.4, -0.2) is 9.97 Å². The predicted molar refractivity (Wildman–Crippen MR) is 187 cm³/mol. The average molecular weight is 574 g/mol. The first kappa shape index (κ1) is 25.4. The normalized spacial score (nSPS) is 11.6. The molecule has 0 aliphatic heterocycles. The van der Waals surface area contributed by atoms with Crippen molar-refractivity contribution in [2.75, 3.05) is 4.90 Å². The molecule has 0 atom stereocenters. The smallest absolute Gasteiger partial charge is 0.234 e. The van der Waals surface area contributed by atoms with Crippen LogP contribution < -0.4 is 4.90 Å².